The molecular formula is C27H25ClF4N2O5S. The first-order valence-corrected chi connectivity index (χ1v) is 13.8. The van der Waals surface area contributed by atoms with Gasteiger partial charge in [-0.2, -0.15) is 13.2 Å². The highest BCUT2D eigenvalue weighted by Crippen LogP contribution is 2.42. The number of carbonyl (C=O) groups is 1. The fraction of sp³-hybridized carbons (Fsp3) is 0.296. The summed E-state index contributed by atoms with van der Waals surface area (Å²) < 4.78 is 88.6. The molecule has 214 valence electrons. The Hall–Kier alpha value is -3.35. The minimum absolute atomic E-state index is 0.00527. The van der Waals surface area contributed by atoms with Crippen LogP contribution in [-0.2, 0) is 21.0 Å². The van der Waals surface area contributed by atoms with Crippen LogP contribution < -0.4 is 14.4 Å². The van der Waals surface area contributed by atoms with Gasteiger partial charge in [0.25, 0.3) is 10.0 Å². The van der Waals surface area contributed by atoms with E-state index in [0.29, 0.717) is 11.6 Å². The van der Waals surface area contributed by atoms with Gasteiger partial charge in [0.2, 0.25) is 5.91 Å². The Balaban J connectivity index is 1.76. The Labute approximate surface area is 233 Å². The highest BCUT2D eigenvalue weighted by atomic mass is 35.5. The molecule has 0 saturated carbocycles. The predicted molar refractivity (Wildman–Crippen MR) is 141 cm³/mol. The number of hydrogen-bond donors (Lipinski definition) is 2. The summed E-state index contributed by atoms with van der Waals surface area (Å²) in [4.78, 5) is 11.6. The third-order valence-corrected chi connectivity index (χ3v) is 8.18. The lowest BCUT2D eigenvalue weighted by molar-refractivity contribution is -0.137. The van der Waals surface area contributed by atoms with Crippen molar-refractivity contribution in [2.75, 3.05) is 17.4 Å². The third-order valence-electron chi connectivity index (χ3n) is 6.02. The van der Waals surface area contributed by atoms with Gasteiger partial charge >= 0.3 is 6.18 Å². The number of nitrogens with one attached hydrogen (secondary N) is 1. The van der Waals surface area contributed by atoms with Crippen molar-refractivity contribution < 1.29 is 40.6 Å². The Morgan fingerprint density at radius 2 is 1.82 bits per heavy atom. The molecule has 0 spiro atoms. The number of ether oxygens (including phenoxy) is 1. The maximum atomic E-state index is 14.1. The Morgan fingerprint density at radius 1 is 1.12 bits per heavy atom. The highest BCUT2D eigenvalue weighted by Gasteiger charge is 2.37. The van der Waals surface area contributed by atoms with Crippen LogP contribution in [0.3, 0.4) is 0 Å². The summed E-state index contributed by atoms with van der Waals surface area (Å²) in [5.41, 5.74) is -1.82. The lowest BCUT2D eigenvalue weighted by atomic mass is 10.0. The minimum Gasteiger partial charge on any atom is -0.484 e. The molecular weight excluding hydrogens is 576 g/mol. The van der Waals surface area contributed by atoms with Gasteiger partial charge in [0.05, 0.1) is 46.3 Å². The number of hydrogen-bond acceptors (Lipinski definition) is 5. The van der Waals surface area contributed by atoms with Crippen molar-refractivity contribution in [1.82, 2.24) is 5.32 Å². The first-order chi connectivity index (χ1) is 18.6. The molecule has 0 fully saturated rings. The first kappa shape index (κ1) is 29.6. The molecule has 1 aliphatic rings. The Kier molecular flexibility index (Phi) is 8.08. The number of rotatable bonds is 7. The van der Waals surface area contributed by atoms with Crippen molar-refractivity contribution in [3.05, 3.63) is 77.1 Å². The number of halogens is 5. The average Bonchev–Trinajstić information content (AvgIpc) is 2.87. The smallest absolute Gasteiger partial charge is 0.416 e. The second-order valence-electron chi connectivity index (χ2n) is 9.88. The largest absolute Gasteiger partial charge is 0.484 e. The first-order valence-electron chi connectivity index (χ1n) is 12.0. The van der Waals surface area contributed by atoms with Crippen LogP contribution in [0.1, 0.15) is 25.8 Å². The molecule has 1 heterocycles. The predicted octanol–water partition coefficient (Wildman–Crippen LogP) is 5.40. The van der Waals surface area contributed by atoms with E-state index in [1.165, 1.54) is 44.2 Å². The minimum atomic E-state index is -4.77. The highest BCUT2D eigenvalue weighted by molar-refractivity contribution is 7.92. The normalized spacial score (nSPS) is 15.8. The zero-order valence-corrected chi connectivity index (χ0v) is 22.9. The van der Waals surface area contributed by atoms with E-state index in [2.05, 4.69) is 5.32 Å². The van der Waals surface area contributed by atoms with Crippen LogP contribution in [-0.4, -0.2) is 44.2 Å². The molecule has 0 aromatic heterocycles. The molecule has 0 unspecified atom stereocenters. The van der Waals surface area contributed by atoms with Gasteiger partial charge < -0.3 is 15.2 Å². The molecule has 1 aliphatic heterocycles. The average molecular weight is 601 g/mol. The SMILES string of the molecule is CC(C)(O)CC(=O)NC[C@H]1CN(S(=O)(=O)c2cccc(C(F)(F)F)c2)c2cc(-c3cccc(F)c3Cl)ccc2O1. The zero-order valence-electron chi connectivity index (χ0n) is 21.3. The van der Waals surface area contributed by atoms with E-state index >= 15 is 0 Å². The van der Waals surface area contributed by atoms with E-state index in [4.69, 9.17) is 16.3 Å². The summed E-state index contributed by atoms with van der Waals surface area (Å²) in [6, 6.07) is 11.8. The fourth-order valence-corrected chi connectivity index (χ4v) is 5.96. The van der Waals surface area contributed by atoms with Gasteiger partial charge in [0, 0.05) is 5.56 Å². The molecule has 0 saturated heterocycles. The van der Waals surface area contributed by atoms with Crippen LogP contribution >= 0.6 is 11.6 Å². The summed E-state index contributed by atoms with van der Waals surface area (Å²) in [6.07, 6.45) is -5.92. The van der Waals surface area contributed by atoms with Crippen LogP contribution in [0.4, 0.5) is 23.2 Å². The zero-order chi connectivity index (χ0) is 29.5. The second kappa shape index (κ2) is 10.9. The second-order valence-corrected chi connectivity index (χ2v) is 12.1. The summed E-state index contributed by atoms with van der Waals surface area (Å²) in [6.45, 7) is 2.38. The number of nitrogens with zero attached hydrogens (tertiary/aromatic N) is 1. The van der Waals surface area contributed by atoms with Gasteiger partial charge in [-0.05, 0) is 55.8 Å². The summed E-state index contributed by atoms with van der Waals surface area (Å²) in [7, 11) is -4.58. The monoisotopic (exact) mass is 600 g/mol. The number of amides is 1. The molecule has 7 nitrogen and oxygen atoms in total. The van der Waals surface area contributed by atoms with Crippen LogP contribution in [0.15, 0.2) is 65.6 Å². The molecule has 40 heavy (non-hydrogen) atoms. The van der Waals surface area contributed by atoms with E-state index in [9.17, 15) is 35.9 Å². The fourth-order valence-electron chi connectivity index (χ4n) is 4.18. The Morgan fingerprint density at radius 3 is 2.50 bits per heavy atom. The van der Waals surface area contributed by atoms with E-state index in [0.717, 1.165) is 28.6 Å². The summed E-state index contributed by atoms with van der Waals surface area (Å²) >= 11 is 6.13. The van der Waals surface area contributed by atoms with Crippen molar-refractivity contribution in [1.29, 1.82) is 0 Å². The lowest BCUT2D eigenvalue weighted by Crippen LogP contribution is -2.49. The van der Waals surface area contributed by atoms with Gasteiger partial charge in [-0.1, -0.05) is 35.9 Å². The summed E-state index contributed by atoms with van der Waals surface area (Å²) in [5, 5.41) is 12.3. The standard InChI is InChI=1S/C27H25ClF4N2O5S/c1-26(2,36)13-24(35)33-14-18-15-34(40(37,38)19-6-3-5-17(12-19)27(30,31)32)22-11-16(9-10-23(22)39-18)20-7-4-8-21(29)25(20)28/h3-12,18,36H,13-15H2,1-2H3,(H,33,35)/t18-/m0/s1. The van der Waals surface area contributed by atoms with Crippen molar-refractivity contribution in [3.8, 4) is 16.9 Å². The van der Waals surface area contributed by atoms with Gasteiger partial charge in [-0.15, -0.1) is 0 Å². The van der Waals surface area contributed by atoms with Crippen molar-refractivity contribution >= 4 is 33.2 Å². The quantitative estimate of drug-likeness (QED) is 0.354. The van der Waals surface area contributed by atoms with Crippen LogP contribution in [0.5, 0.6) is 5.75 Å². The van der Waals surface area contributed by atoms with E-state index < -0.39 is 50.1 Å². The maximum Gasteiger partial charge on any atom is 0.416 e. The lowest BCUT2D eigenvalue weighted by Gasteiger charge is -2.36. The van der Waals surface area contributed by atoms with Crippen LogP contribution in [0, 0.1) is 5.82 Å². The molecule has 3 aromatic carbocycles. The van der Waals surface area contributed by atoms with Gasteiger partial charge in [-0.3, -0.25) is 9.10 Å². The molecule has 0 aliphatic carbocycles. The topological polar surface area (TPSA) is 95.9 Å². The number of carbonyl (C=O) groups excluding carboxylic acids is 1. The molecule has 4 rings (SSSR count). The molecule has 2 N–H and O–H groups in total. The summed E-state index contributed by atoms with van der Waals surface area (Å²) in [5.74, 6) is -1.13. The molecule has 0 radical (unpaired) electrons. The molecule has 13 heteroatoms. The van der Waals surface area contributed by atoms with E-state index in [1.54, 1.807) is 0 Å². The molecule has 3 aromatic rings. The van der Waals surface area contributed by atoms with Crippen LogP contribution in [0.25, 0.3) is 11.1 Å². The number of sulfonamides is 1. The third kappa shape index (κ3) is 6.51. The molecule has 1 atom stereocenters. The van der Waals surface area contributed by atoms with Crippen LogP contribution in [0.2, 0.25) is 5.02 Å². The van der Waals surface area contributed by atoms with E-state index in [1.807, 2.05) is 0 Å². The van der Waals surface area contributed by atoms with Gasteiger partial charge in [-0.25, -0.2) is 12.8 Å². The van der Waals surface area contributed by atoms with Gasteiger partial charge in [0.1, 0.15) is 17.7 Å². The van der Waals surface area contributed by atoms with Crippen molar-refractivity contribution in [2.24, 2.45) is 0 Å². The molecule has 1 amide bonds. The van der Waals surface area contributed by atoms with Crippen molar-refractivity contribution in [2.45, 2.75) is 43.0 Å². The Bertz CT molecular complexity index is 1540. The number of alkyl halides is 3. The van der Waals surface area contributed by atoms with Gasteiger partial charge in [0.15, 0.2) is 0 Å². The number of anilines is 1. The molecule has 0 bridgehead atoms. The van der Waals surface area contributed by atoms with Crippen molar-refractivity contribution in [3.63, 3.8) is 0 Å². The maximum absolute atomic E-state index is 14.1. The number of aliphatic hydroxyl groups is 1. The van der Waals surface area contributed by atoms with E-state index in [-0.39, 0.29) is 41.5 Å². The number of fused-ring (bicyclic) bond motifs is 1. The number of benzene rings is 3.